The van der Waals surface area contributed by atoms with Crippen molar-refractivity contribution in [1.29, 1.82) is 0 Å². The molecule has 0 bridgehead atoms. The Labute approximate surface area is 173 Å². The average molecular weight is 406 g/mol. The number of rotatable bonds is 3. The number of carbonyl (C=O) groups is 3. The second-order valence-corrected chi connectivity index (χ2v) is 8.76. The zero-order valence-corrected chi connectivity index (χ0v) is 16.6. The molecule has 8 heteroatoms. The monoisotopic (exact) mass is 406 g/mol. The quantitative estimate of drug-likeness (QED) is 0.774. The molecular formula is C22H22N4O4. The van der Waals surface area contributed by atoms with Gasteiger partial charge in [0.15, 0.2) is 0 Å². The number of fused-ring (bicyclic) bond motifs is 2. The predicted molar refractivity (Wildman–Crippen MR) is 105 cm³/mol. The number of hydrogen-bond acceptors (Lipinski definition) is 5. The van der Waals surface area contributed by atoms with Gasteiger partial charge in [0, 0.05) is 43.3 Å². The summed E-state index contributed by atoms with van der Waals surface area (Å²) in [5, 5.41) is 2.34. The van der Waals surface area contributed by atoms with E-state index in [0.29, 0.717) is 36.3 Å². The molecule has 1 N–H and O–H groups in total. The summed E-state index contributed by atoms with van der Waals surface area (Å²) < 4.78 is 7.61. The third kappa shape index (κ3) is 2.56. The Bertz CT molecular complexity index is 1100. The maximum Gasteiger partial charge on any atom is 0.255 e. The number of nitrogens with zero attached hydrogens (tertiary/aromatic N) is 3. The number of hydrogen-bond donors (Lipinski definition) is 1. The van der Waals surface area contributed by atoms with Crippen LogP contribution in [0, 0.1) is 11.8 Å². The number of amides is 3. The fraction of sp³-hybridized carbons (Fsp3) is 0.455. The fourth-order valence-electron chi connectivity index (χ4n) is 5.29. The Hall–Kier alpha value is -3.00. The van der Waals surface area contributed by atoms with Crippen LogP contribution in [-0.4, -0.2) is 51.4 Å². The van der Waals surface area contributed by atoms with E-state index in [1.807, 2.05) is 31.4 Å². The molecule has 154 valence electrons. The van der Waals surface area contributed by atoms with E-state index < -0.39 is 6.04 Å². The second-order valence-electron chi connectivity index (χ2n) is 8.76. The molecule has 8 nitrogen and oxygen atoms in total. The highest BCUT2D eigenvalue weighted by Gasteiger charge is 2.56. The van der Waals surface area contributed by atoms with E-state index in [-0.39, 0.29) is 24.1 Å². The Kier molecular flexibility index (Phi) is 3.71. The van der Waals surface area contributed by atoms with Gasteiger partial charge in [-0.3, -0.25) is 19.7 Å². The summed E-state index contributed by atoms with van der Waals surface area (Å²) in [6.45, 7) is 2.03. The highest BCUT2D eigenvalue weighted by atomic mass is 16.5. The lowest BCUT2D eigenvalue weighted by Gasteiger charge is -2.29. The van der Waals surface area contributed by atoms with Crippen LogP contribution < -0.4 is 5.32 Å². The average Bonchev–Trinajstić information content (AvgIpc) is 3.09. The lowest BCUT2D eigenvalue weighted by atomic mass is 10.0. The van der Waals surface area contributed by atoms with Crippen LogP contribution in [0.4, 0.5) is 0 Å². The summed E-state index contributed by atoms with van der Waals surface area (Å²) in [6.07, 6.45) is 2.67. The van der Waals surface area contributed by atoms with Crippen molar-refractivity contribution in [3.05, 3.63) is 41.3 Å². The van der Waals surface area contributed by atoms with Crippen molar-refractivity contribution in [2.75, 3.05) is 13.2 Å². The molecule has 1 saturated carbocycles. The molecule has 30 heavy (non-hydrogen) atoms. The van der Waals surface area contributed by atoms with E-state index in [0.717, 1.165) is 35.9 Å². The van der Waals surface area contributed by atoms with Gasteiger partial charge < -0.3 is 14.2 Å². The van der Waals surface area contributed by atoms with E-state index in [4.69, 9.17) is 9.72 Å². The number of piperidine rings is 1. The molecule has 1 aromatic heterocycles. The van der Waals surface area contributed by atoms with Gasteiger partial charge in [0.2, 0.25) is 11.8 Å². The minimum absolute atomic E-state index is 0.154. The molecule has 3 aliphatic heterocycles. The standard InChI is InChI=1S/C22H22N4O4/c1-25-8-16(23-20(25)19-14-9-30-10-15(14)19)11-2-3-13-12(6-11)7-26(22(13)29)17-4-5-18(27)24-21(17)28/h2-3,6,8,14-15,17,19H,4-5,7,9-10H2,1H3,(H,24,27,28). The topological polar surface area (TPSA) is 93.5 Å². The fourth-order valence-corrected chi connectivity index (χ4v) is 5.29. The number of benzene rings is 1. The Morgan fingerprint density at radius 3 is 2.73 bits per heavy atom. The number of imidazole rings is 1. The summed E-state index contributed by atoms with van der Waals surface area (Å²) in [6, 6.07) is 5.16. The minimum Gasteiger partial charge on any atom is -0.381 e. The van der Waals surface area contributed by atoms with Crippen molar-refractivity contribution >= 4 is 17.7 Å². The molecular weight excluding hydrogens is 384 g/mol. The largest absolute Gasteiger partial charge is 0.381 e. The van der Waals surface area contributed by atoms with Crippen LogP contribution in [0.25, 0.3) is 11.3 Å². The number of carbonyl (C=O) groups excluding carboxylic acids is 3. The molecule has 2 saturated heterocycles. The maximum atomic E-state index is 12.9. The molecule has 0 spiro atoms. The molecule has 3 atom stereocenters. The van der Waals surface area contributed by atoms with Gasteiger partial charge in [0.05, 0.1) is 18.9 Å². The van der Waals surface area contributed by atoms with E-state index in [2.05, 4.69) is 9.88 Å². The normalized spacial score (nSPS) is 29.8. The lowest BCUT2D eigenvalue weighted by Crippen LogP contribution is -2.52. The van der Waals surface area contributed by atoms with Gasteiger partial charge in [-0.2, -0.15) is 0 Å². The molecule has 2 aromatic rings. The molecule has 3 fully saturated rings. The molecule has 6 rings (SSSR count). The van der Waals surface area contributed by atoms with Gasteiger partial charge in [-0.15, -0.1) is 0 Å². The molecule has 3 unspecified atom stereocenters. The SMILES string of the molecule is Cn1cc(-c2ccc3c(c2)CN(C2CCC(=O)NC2=O)C3=O)nc1C1C2COCC21. The first-order chi connectivity index (χ1) is 14.5. The van der Waals surface area contributed by atoms with Gasteiger partial charge in [-0.05, 0) is 36.0 Å². The van der Waals surface area contributed by atoms with Crippen LogP contribution in [0.5, 0.6) is 0 Å². The van der Waals surface area contributed by atoms with Crippen molar-refractivity contribution in [2.45, 2.75) is 31.3 Å². The second kappa shape index (κ2) is 6.25. The van der Waals surface area contributed by atoms with E-state index >= 15 is 0 Å². The van der Waals surface area contributed by atoms with E-state index in [1.165, 1.54) is 0 Å². The maximum absolute atomic E-state index is 12.9. The van der Waals surface area contributed by atoms with Gasteiger partial charge in [0.25, 0.3) is 5.91 Å². The first-order valence-electron chi connectivity index (χ1n) is 10.4. The third-order valence-corrected chi connectivity index (χ3v) is 6.98. The first kappa shape index (κ1) is 17.8. The zero-order valence-electron chi connectivity index (χ0n) is 16.6. The van der Waals surface area contributed by atoms with Crippen molar-refractivity contribution in [1.82, 2.24) is 19.8 Å². The number of imide groups is 1. The number of aryl methyl sites for hydroxylation is 1. The first-order valence-corrected chi connectivity index (χ1v) is 10.4. The highest BCUT2D eigenvalue weighted by Crippen LogP contribution is 2.57. The van der Waals surface area contributed by atoms with Crippen LogP contribution in [0.1, 0.15) is 40.5 Å². The summed E-state index contributed by atoms with van der Waals surface area (Å²) >= 11 is 0. The summed E-state index contributed by atoms with van der Waals surface area (Å²) in [7, 11) is 2.03. The van der Waals surface area contributed by atoms with Crippen molar-refractivity contribution < 1.29 is 19.1 Å². The van der Waals surface area contributed by atoms with Crippen LogP contribution in [-0.2, 0) is 27.9 Å². The summed E-state index contributed by atoms with van der Waals surface area (Å²) in [5.74, 6) is 1.96. The van der Waals surface area contributed by atoms with E-state index in [1.54, 1.807) is 4.90 Å². The summed E-state index contributed by atoms with van der Waals surface area (Å²) in [5.41, 5.74) is 3.38. The Balaban J connectivity index is 1.26. The molecule has 1 aliphatic carbocycles. The predicted octanol–water partition coefficient (Wildman–Crippen LogP) is 1.21. The highest BCUT2D eigenvalue weighted by molar-refractivity contribution is 6.05. The number of nitrogens with one attached hydrogen (secondary N) is 1. The van der Waals surface area contributed by atoms with Gasteiger partial charge >= 0.3 is 0 Å². The third-order valence-electron chi connectivity index (χ3n) is 6.98. The molecule has 3 amide bonds. The Morgan fingerprint density at radius 1 is 1.17 bits per heavy atom. The lowest BCUT2D eigenvalue weighted by molar-refractivity contribution is -0.136. The number of aromatic nitrogens is 2. The smallest absolute Gasteiger partial charge is 0.255 e. The molecule has 0 radical (unpaired) electrons. The molecule has 4 heterocycles. The van der Waals surface area contributed by atoms with Gasteiger partial charge in [-0.1, -0.05) is 6.07 Å². The zero-order chi connectivity index (χ0) is 20.6. The van der Waals surface area contributed by atoms with Crippen LogP contribution in [0.3, 0.4) is 0 Å². The van der Waals surface area contributed by atoms with E-state index in [9.17, 15) is 14.4 Å². The van der Waals surface area contributed by atoms with Crippen molar-refractivity contribution in [2.24, 2.45) is 18.9 Å². The van der Waals surface area contributed by atoms with Crippen LogP contribution >= 0.6 is 0 Å². The molecule has 1 aromatic carbocycles. The number of ether oxygens (including phenoxy) is 1. The van der Waals surface area contributed by atoms with Crippen LogP contribution in [0.2, 0.25) is 0 Å². The van der Waals surface area contributed by atoms with Gasteiger partial charge in [0.1, 0.15) is 11.9 Å². The van der Waals surface area contributed by atoms with Gasteiger partial charge in [-0.25, -0.2) is 4.98 Å². The van der Waals surface area contributed by atoms with Crippen molar-refractivity contribution in [3.63, 3.8) is 0 Å². The van der Waals surface area contributed by atoms with Crippen molar-refractivity contribution in [3.8, 4) is 11.3 Å². The van der Waals surface area contributed by atoms with Crippen LogP contribution in [0.15, 0.2) is 24.4 Å². The Morgan fingerprint density at radius 2 is 1.97 bits per heavy atom. The molecule has 4 aliphatic rings. The summed E-state index contributed by atoms with van der Waals surface area (Å²) in [4.78, 5) is 43.0. The minimum atomic E-state index is -0.594.